The zero-order chi connectivity index (χ0) is 13.5. The molecule has 0 bridgehead atoms. The number of carboxylic acids is 1. The van der Waals surface area contributed by atoms with E-state index in [-0.39, 0.29) is 6.10 Å². The molecule has 0 spiro atoms. The van der Waals surface area contributed by atoms with Crippen LogP contribution in [0.15, 0.2) is 30.3 Å². The summed E-state index contributed by atoms with van der Waals surface area (Å²) < 4.78 is 5.72. The van der Waals surface area contributed by atoms with Gasteiger partial charge in [0.2, 0.25) is 0 Å². The SMILES string of the molecule is CC(CN(C)C)Oc1ccc(/C=C/C(=O)O)cc1. The van der Waals surface area contributed by atoms with Gasteiger partial charge >= 0.3 is 5.97 Å². The summed E-state index contributed by atoms with van der Waals surface area (Å²) in [6.45, 7) is 2.86. The Hall–Kier alpha value is -1.81. The molecule has 0 heterocycles. The second-order valence-electron chi connectivity index (χ2n) is 4.43. The number of hydrogen-bond donors (Lipinski definition) is 1. The van der Waals surface area contributed by atoms with Gasteiger partial charge in [0.15, 0.2) is 0 Å². The fourth-order valence-electron chi connectivity index (χ4n) is 1.61. The zero-order valence-corrected chi connectivity index (χ0v) is 11.0. The van der Waals surface area contributed by atoms with E-state index in [0.717, 1.165) is 23.9 Å². The molecule has 0 radical (unpaired) electrons. The quantitative estimate of drug-likeness (QED) is 0.784. The van der Waals surface area contributed by atoms with Crippen LogP contribution in [0.4, 0.5) is 0 Å². The molecule has 0 aliphatic heterocycles. The van der Waals surface area contributed by atoms with Crippen LogP contribution < -0.4 is 4.74 Å². The summed E-state index contributed by atoms with van der Waals surface area (Å²) >= 11 is 0. The average Bonchev–Trinajstić information content (AvgIpc) is 2.26. The Morgan fingerprint density at radius 2 is 2.00 bits per heavy atom. The number of aliphatic carboxylic acids is 1. The summed E-state index contributed by atoms with van der Waals surface area (Å²) in [5.41, 5.74) is 0.838. The zero-order valence-electron chi connectivity index (χ0n) is 11.0. The summed E-state index contributed by atoms with van der Waals surface area (Å²) in [5.74, 6) is -0.160. The van der Waals surface area contributed by atoms with Crippen LogP contribution in [0.5, 0.6) is 5.75 Å². The number of carboxylic acid groups (broad SMARTS) is 1. The highest BCUT2D eigenvalue weighted by molar-refractivity contribution is 5.85. The number of likely N-dealkylation sites (N-methyl/N-ethyl adjacent to an activating group) is 1. The number of rotatable bonds is 6. The lowest BCUT2D eigenvalue weighted by molar-refractivity contribution is -0.131. The van der Waals surface area contributed by atoms with Gasteiger partial charge in [-0.15, -0.1) is 0 Å². The summed E-state index contributed by atoms with van der Waals surface area (Å²) in [5, 5.41) is 8.52. The molecule has 4 nitrogen and oxygen atoms in total. The van der Waals surface area contributed by atoms with Crippen molar-refractivity contribution in [2.75, 3.05) is 20.6 Å². The lowest BCUT2D eigenvalue weighted by Gasteiger charge is -2.18. The van der Waals surface area contributed by atoms with Crippen molar-refractivity contribution in [1.29, 1.82) is 0 Å². The van der Waals surface area contributed by atoms with E-state index in [4.69, 9.17) is 9.84 Å². The average molecular weight is 249 g/mol. The molecule has 1 N–H and O–H groups in total. The first-order valence-electron chi connectivity index (χ1n) is 5.80. The summed E-state index contributed by atoms with van der Waals surface area (Å²) in [4.78, 5) is 12.4. The van der Waals surface area contributed by atoms with Gasteiger partial charge in [-0.25, -0.2) is 4.79 Å². The molecule has 1 aromatic carbocycles. The Balaban J connectivity index is 2.57. The van der Waals surface area contributed by atoms with E-state index in [1.54, 1.807) is 6.08 Å². The van der Waals surface area contributed by atoms with Crippen molar-refractivity contribution in [2.45, 2.75) is 13.0 Å². The van der Waals surface area contributed by atoms with Crippen LogP contribution in [0.2, 0.25) is 0 Å². The number of hydrogen-bond acceptors (Lipinski definition) is 3. The Labute approximate surface area is 107 Å². The molecule has 0 saturated heterocycles. The van der Waals surface area contributed by atoms with Crippen LogP contribution in [0.1, 0.15) is 12.5 Å². The third-order valence-corrected chi connectivity index (χ3v) is 2.26. The topological polar surface area (TPSA) is 49.8 Å². The van der Waals surface area contributed by atoms with Gasteiger partial charge in [0.05, 0.1) is 0 Å². The van der Waals surface area contributed by atoms with Crippen molar-refractivity contribution in [3.8, 4) is 5.75 Å². The summed E-state index contributed by atoms with van der Waals surface area (Å²) in [6.07, 6.45) is 2.78. The number of carbonyl (C=O) groups is 1. The summed E-state index contributed by atoms with van der Waals surface area (Å²) in [7, 11) is 4.00. The van der Waals surface area contributed by atoms with Gasteiger partial charge < -0.3 is 14.7 Å². The second-order valence-corrected chi connectivity index (χ2v) is 4.43. The fraction of sp³-hybridized carbons (Fsp3) is 0.357. The molecule has 1 atom stereocenters. The predicted octanol–water partition coefficient (Wildman–Crippen LogP) is 2.11. The molecule has 0 aliphatic carbocycles. The molecule has 0 aromatic heterocycles. The van der Waals surface area contributed by atoms with Crippen molar-refractivity contribution in [1.82, 2.24) is 4.90 Å². The monoisotopic (exact) mass is 249 g/mol. The van der Waals surface area contributed by atoms with Gasteiger partial charge in [0, 0.05) is 12.6 Å². The predicted molar refractivity (Wildman–Crippen MR) is 71.8 cm³/mol. The first-order chi connectivity index (χ1) is 8.47. The van der Waals surface area contributed by atoms with Crippen molar-refractivity contribution >= 4 is 12.0 Å². The Bertz CT molecular complexity index is 410. The Morgan fingerprint density at radius 1 is 1.39 bits per heavy atom. The molecule has 0 saturated carbocycles. The third-order valence-electron chi connectivity index (χ3n) is 2.26. The Kier molecular flexibility index (Phi) is 5.39. The van der Waals surface area contributed by atoms with E-state index in [9.17, 15) is 4.79 Å². The number of benzene rings is 1. The number of nitrogens with zero attached hydrogens (tertiary/aromatic N) is 1. The molecule has 1 rings (SSSR count). The minimum atomic E-state index is -0.949. The van der Waals surface area contributed by atoms with E-state index < -0.39 is 5.97 Å². The maximum atomic E-state index is 10.4. The largest absolute Gasteiger partial charge is 0.489 e. The van der Waals surface area contributed by atoms with Gasteiger partial charge in [-0.3, -0.25) is 0 Å². The lowest BCUT2D eigenvalue weighted by atomic mass is 10.2. The van der Waals surface area contributed by atoms with Gasteiger partial charge in [-0.05, 0) is 44.8 Å². The molecule has 1 unspecified atom stereocenters. The van der Waals surface area contributed by atoms with E-state index in [0.29, 0.717) is 0 Å². The van der Waals surface area contributed by atoms with Gasteiger partial charge in [-0.1, -0.05) is 12.1 Å². The standard InChI is InChI=1S/C14H19NO3/c1-11(10-15(2)3)18-13-7-4-12(5-8-13)6-9-14(16)17/h4-9,11H,10H2,1-3H3,(H,16,17)/b9-6+. The van der Waals surface area contributed by atoms with Crippen LogP contribution in [0, 0.1) is 0 Å². The number of ether oxygens (including phenoxy) is 1. The molecular weight excluding hydrogens is 230 g/mol. The van der Waals surface area contributed by atoms with Crippen LogP contribution in [-0.4, -0.2) is 42.7 Å². The van der Waals surface area contributed by atoms with Crippen molar-refractivity contribution in [3.63, 3.8) is 0 Å². The maximum absolute atomic E-state index is 10.4. The molecule has 0 amide bonds. The molecule has 0 aliphatic rings. The molecule has 1 aromatic rings. The van der Waals surface area contributed by atoms with Crippen LogP contribution >= 0.6 is 0 Å². The summed E-state index contributed by atoms with van der Waals surface area (Å²) in [6, 6.07) is 7.34. The smallest absolute Gasteiger partial charge is 0.328 e. The van der Waals surface area contributed by atoms with E-state index >= 15 is 0 Å². The lowest BCUT2D eigenvalue weighted by Crippen LogP contribution is -2.27. The highest BCUT2D eigenvalue weighted by atomic mass is 16.5. The molecule has 0 fully saturated rings. The van der Waals surface area contributed by atoms with Crippen LogP contribution in [0.3, 0.4) is 0 Å². The Morgan fingerprint density at radius 3 is 2.50 bits per heavy atom. The van der Waals surface area contributed by atoms with Gasteiger partial charge in [0.1, 0.15) is 11.9 Å². The fourth-order valence-corrected chi connectivity index (χ4v) is 1.61. The van der Waals surface area contributed by atoms with E-state index in [2.05, 4.69) is 4.90 Å². The minimum absolute atomic E-state index is 0.111. The maximum Gasteiger partial charge on any atom is 0.328 e. The highest BCUT2D eigenvalue weighted by Crippen LogP contribution is 2.15. The minimum Gasteiger partial charge on any atom is -0.489 e. The molecule has 98 valence electrons. The molecule has 4 heteroatoms. The molecule has 18 heavy (non-hydrogen) atoms. The van der Waals surface area contributed by atoms with E-state index in [1.165, 1.54) is 0 Å². The van der Waals surface area contributed by atoms with Crippen LogP contribution in [0.25, 0.3) is 6.08 Å². The second kappa shape index (κ2) is 6.81. The van der Waals surface area contributed by atoms with Crippen molar-refractivity contribution in [2.24, 2.45) is 0 Å². The molecular formula is C14H19NO3. The first-order valence-corrected chi connectivity index (χ1v) is 5.80. The van der Waals surface area contributed by atoms with Gasteiger partial charge in [0.25, 0.3) is 0 Å². The van der Waals surface area contributed by atoms with E-state index in [1.807, 2.05) is 45.3 Å². The van der Waals surface area contributed by atoms with Crippen molar-refractivity contribution < 1.29 is 14.6 Å². The third kappa shape index (κ3) is 5.50. The van der Waals surface area contributed by atoms with Gasteiger partial charge in [-0.2, -0.15) is 0 Å². The van der Waals surface area contributed by atoms with Crippen LogP contribution in [-0.2, 0) is 4.79 Å². The first kappa shape index (κ1) is 14.3. The highest BCUT2D eigenvalue weighted by Gasteiger charge is 2.04. The van der Waals surface area contributed by atoms with Crippen molar-refractivity contribution in [3.05, 3.63) is 35.9 Å². The normalized spacial score (nSPS) is 12.9.